The number of furan rings is 2. The molecule has 0 bridgehead atoms. The van der Waals surface area contributed by atoms with Crippen molar-refractivity contribution in [3.05, 3.63) is 194 Å². The molecule has 9 aromatic carbocycles. The Morgan fingerprint density at radius 1 is 0.328 bits per heavy atom. The van der Waals surface area contributed by atoms with Gasteiger partial charge in [0.05, 0.1) is 16.7 Å². The zero-order valence-electron chi connectivity index (χ0n) is 32.6. The lowest BCUT2D eigenvalue weighted by atomic mass is 10.0. The van der Waals surface area contributed by atoms with Gasteiger partial charge in [-0.1, -0.05) is 146 Å². The Morgan fingerprint density at radius 2 is 0.885 bits per heavy atom. The largest absolute Gasteiger partial charge is 0.456 e. The monoisotopic (exact) mass is 780 g/mol. The Kier molecular flexibility index (Phi) is 7.21. The molecule has 0 amide bonds. The minimum atomic E-state index is 0.543. The Hall–Kier alpha value is -8.35. The Balaban J connectivity index is 1.11. The number of rotatable bonds is 5. The van der Waals surface area contributed by atoms with Crippen molar-refractivity contribution in [3.63, 3.8) is 0 Å². The Bertz CT molecular complexity index is 3880. The normalized spacial score (nSPS) is 11.9. The number of fused-ring (bicyclic) bond motifs is 10. The van der Waals surface area contributed by atoms with Gasteiger partial charge in [-0.2, -0.15) is 0 Å². The van der Waals surface area contributed by atoms with Crippen LogP contribution >= 0.6 is 0 Å². The topological polar surface area (TPSA) is 69.9 Å². The molecule has 13 aromatic rings. The summed E-state index contributed by atoms with van der Waals surface area (Å²) in [5.41, 5.74) is 11.1. The molecule has 0 aliphatic rings. The van der Waals surface area contributed by atoms with Gasteiger partial charge in [-0.15, -0.1) is 0 Å². The summed E-state index contributed by atoms with van der Waals surface area (Å²) in [5, 5.41) is 8.65. The van der Waals surface area contributed by atoms with E-state index in [0.717, 1.165) is 88.4 Å². The van der Waals surface area contributed by atoms with Gasteiger partial charge in [-0.05, 0) is 64.4 Å². The van der Waals surface area contributed by atoms with Gasteiger partial charge in [0.1, 0.15) is 22.3 Å². The molecule has 4 aromatic heterocycles. The Morgan fingerprint density at radius 3 is 1.66 bits per heavy atom. The second-order valence-electron chi connectivity index (χ2n) is 15.6. The van der Waals surface area contributed by atoms with Crippen molar-refractivity contribution < 1.29 is 8.83 Å². The van der Waals surface area contributed by atoms with Crippen LogP contribution in [0.2, 0.25) is 0 Å². The van der Waals surface area contributed by atoms with Gasteiger partial charge in [-0.25, -0.2) is 15.0 Å². The van der Waals surface area contributed by atoms with E-state index < -0.39 is 0 Å². The van der Waals surface area contributed by atoms with E-state index in [0.29, 0.717) is 17.5 Å². The molecule has 0 saturated heterocycles. The Labute approximate surface area is 348 Å². The van der Waals surface area contributed by atoms with E-state index in [1.165, 1.54) is 21.5 Å². The smallest absolute Gasteiger partial charge is 0.164 e. The van der Waals surface area contributed by atoms with Crippen molar-refractivity contribution in [1.82, 2.24) is 19.5 Å². The van der Waals surface area contributed by atoms with Crippen molar-refractivity contribution in [2.75, 3.05) is 0 Å². The molecule has 0 atom stereocenters. The van der Waals surface area contributed by atoms with E-state index in [4.69, 9.17) is 23.8 Å². The van der Waals surface area contributed by atoms with Gasteiger partial charge < -0.3 is 13.4 Å². The first-order valence-corrected chi connectivity index (χ1v) is 20.4. The van der Waals surface area contributed by atoms with Crippen LogP contribution in [0.1, 0.15) is 0 Å². The summed E-state index contributed by atoms with van der Waals surface area (Å²) >= 11 is 0. The molecule has 0 saturated carbocycles. The maximum Gasteiger partial charge on any atom is 0.164 e. The van der Waals surface area contributed by atoms with Gasteiger partial charge in [0.2, 0.25) is 0 Å². The number of para-hydroxylation sites is 3. The molecule has 6 nitrogen and oxygen atoms in total. The summed E-state index contributed by atoms with van der Waals surface area (Å²) in [5.74, 6) is 1.67. The fourth-order valence-corrected chi connectivity index (χ4v) is 9.23. The van der Waals surface area contributed by atoms with Gasteiger partial charge >= 0.3 is 0 Å². The fourth-order valence-electron chi connectivity index (χ4n) is 9.23. The SMILES string of the molecule is c1ccc(-c2ccc(-c3nc(-c4cccc5oc6ccccc6c45)nc(-c4cc(-n5c6ccccc6c6cc7ccccc7cc65)cc5oc6ccccc6c45)n3)cc2)cc1. The highest BCUT2D eigenvalue weighted by Crippen LogP contribution is 2.42. The first kappa shape index (κ1) is 33.6. The molecule has 0 radical (unpaired) electrons. The molecule has 0 aliphatic carbocycles. The van der Waals surface area contributed by atoms with Crippen LogP contribution in [0.25, 0.3) is 127 Å². The van der Waals surface area contributed by atoms with Crippen molar-refractivity contribution >= 4 is 76.5 Å². The summed E-state index contributed by atoms with van der Waals surface area (Å²) in [6.45, 7) is 0. The van der Waals surface area contributed by atoms with E-state index in [1.54, 1.807) is 0 Å². The number of hydrogen-bond donors (Lipinski definition) is 0. The first-order valence-electron chi connectivity index (χ1n) is 20.4. The van der Waals surface area contributed by atoms with Crippen LogP contribution in [0.5, 0.6) is 0 Å². The summed E-state index contributed by atoms with van der Waals surface area (Å²) in [4.78, 5) is 16.0. The molecule has 6 heteroatoms. The van der Waals surface area contributed by atoms with Crippen LogP contribution in [0, 0.1) is 0 Å². The zero-order valence-corrected chi connectivity index (χ0v) is 32.6. The number of hydrogen-bond acceptors (Lipinski definition) is 5. The van der Waals surface area contributed by atoms with Crippen LogP contribution in [0.15, 0.2) is 203 Å². The average Bonchev–Trinajstić information content (AvgIpc) is 4.00. The molecule has 284 valence electrons. The quantitative estimate of drug-likeness (QED) is 0.174. The fraction of sp³-hybridized carbons (Fsp3) is 0. The molecule has 0 fully saturated rings. The molecule has 0 N–H and O–H groups in total. The van der Waals surface area contributed by atoms with E-state index in [-0.39, 0.29) is 0 Å². The summed E-state index contributed by atoms with van der Waals surface area (Å²) in [6, 6.07) is 67.4. The lowest BCUT2D eigenvalue weighted by molar-refractivity contribution is 0.668. The van der Waals surface area contributed by atoms with E-state index in [9.17, 15) is 0 Å². The average molecular weight is 781 g/mol. The first-order chi connectivity index (χ1) is 30.2. The maximum atomic E-state index is 6.73. The highest BCUT2D eigenvalue weighted by molar-refractivity contribution is 6.16. The minimum Gasteiger partial charge on any atom is -0.456 e. The van der Waals surface area contributed by atoms with E-state index in [2.05, 4.69) is 150 Å². The van der Waals surface area contributed by atoms with Crippen LogP contribution in [-0.4, -0.2) is 19.5 Å². The van der Waals surface area contributed by atoms with Gasteiger partial charge in [-0.3, -0.25) is 0 Å². The van der Waals surface area contributed by atoms with Crippen molar-refractivity contribution in [2.45, 2.75) is 0 Å². The summed E-state index contributed by atoms with van der Waals surface area (Å²) in [6.07, 6.45) is 0. The zero-order chi connectivity index (χ0) is 40.0. The van der Waals surface area contributed by atoms with Crippen LogP contribution in [0.4, 0.5) is 0 Å². The molecule has 0 unspecified atom stereocenters. The maximum absolute atomic E-state index is 6.73. The molecular weight excluding hydrogens is 749 g/mol. The van der Waals surface area contributed by atoms with Crippen molar-refractivity contribution in [2.24, 2.45) is 0 Å². The van der Waals surface area contributed by atoms with Crippen molar-refractivity contribution in [3.8, 4) is 51.0 Å². The lowest BCUT2D eigenvalue weighted by Crippen LogP contribution is -2.02. The number of aromatic nitrogens is 4. The molecule has 13 rings (SSSR count). The van der Waals surface area contributed by atoms with Crippen LogP contribution < -0.4 is 0 Å². The van der Waals surface area contributed by atoms with E-state index >= 15 is 0 Å². The second-order valence-corrected chi connectivity index (χ2v) is 15.6. The second kappa shape index (κ2) is 13.1. The van der Waals surface area contributed by atoms with Crippen LogP contribution in [-0.2, 0) is 0 Å². The third-order valence-electron chi connectivity index (χ3n) is 12.0. The molecule has 61 heavy (non-hydrogen) atoms. The molecular formula is C55H32N4O2. The lowest BCUT2D eigenvalue weighted by Gasteiger charge is -2.13. The molecule has 4 heterocycles. The number of benzene rings is 9. The number of nitrogens with zero attached hydrogens (tertiary/aromatic N) is 4. The highest BCUT2D eigenvalue weighted by Gasteiger charge is 2.23. The van der Waals surface area contributed by atoms with Gasteiger partial charge in [0.15, 0.2) is 17.5 Å². The summed E-state index contributed by atoms with van der Waals surface area (Å²) in [7, 11) is 0. The molecule has 0 aliphatic heterocycles. The summed E-state index contributed by atoms with van der Waals surface area (Å²) < 4.78 is 15.4. The van der Waals surface area contributed by atoms with Gasteiger partial charge in [0, 0.05) is 55.1 Å². The molecule has 0 spiro atoms. The predicted molar refractivity (Wildman–Crippen MR) is 248 cm³/mol. The highest BCUT2D eigenvalue weighted by atomic mass is 16.3. The third kappa shape index (κ3) is 5.26. The van der Waals surface area contributed by atoms with E-state index in [1.807, 2.05) is 48.5 Å². The van der Waals surface area contributed by atoms with Crippen molar-refractivity contribution in [1.29, 1.82) is 0 Å². The minimum absolute atomic E-state index is 0.543. The standard InChI is InChI=1S/C55H32N4O2/c1-2-13-33(14-3-1)34-25-27-35(28-26-34)53-56-54(42-20-12-24-49-51(42)40-18-7-10-22-47(40)60-49)58-55(57-53)44-31-38(32-50-52(44)41-19-8-11-23-48(41)61-50)59-45-21-9-6-17-39(45)43-29-36-15-4-5-16-37(36)30-46(43)59/h1-32H. The van der Waals surface area contributed by atoms with Gasteiger partial charge in [0.25, 0.3) is 0 Å². The third-order valence-corrected chi connectivity index (χ3v) is 12.0. The van der Waals surface area contributed by atoms with Crippen LogP contribution in [0.3, 0.4) is 0 Å². The predicted octanol–water partition coefficient (Wildman–Crippen LogP) is 14.6.